The number of aromatic nitrogens is 2. The van der Waals surface area contributed by atoms with Gasteiger partial charge in [0.1, 0.15) is 5.75 Å². The minimum Gasteiger partial charge on any atom is -0.508 e. The minimum atomic E-state index is -0.0905. The Morgan fingerprint density at radius 3 is 2.52 bits per heavy atom. The summed E-state index contributed by atoms with van der Waals surface area (Å²) in [5, 5.41) is 16.7. The van der Waals surface area contributed by atoms with Gasteiger partial charge in [-0.25, -0.2) is 0 Å². The summed E-state index contributed by atoms with van der Waals surface area (Å²) in [7, 11) is 1.86. The number of phenols is 1. The van der Waals surface area contributed by atoms with Gasteiger partial charge < -0.3 is 10.4 Å². The van der Waals surface area contributed by atoms with Crippen molar-refractivity contribution in [2.45, 2.75) is 32.2 Å². The van der Waals surface area contributed by atoms with Crippen molar-refractivity contribution in [1.82, 2.24) is 15.1 Å². The first-order valence-electron chi connectivity index (χ1n) is 9.16. The van der Waals surface area contributed by atoms with Crippen molar-refractivity contribution in [3.63, 3.8) is 0 Å². The molecule has 3 aromatic rings. The Kier molecular flexibility index (Phi) is 5.91. The molecule has 2 aromatic carbocycles. The third-order valence-corrected chi connectivity index (χ3v) is 4.70. The summed E-state index contributed by atoms with van der Waals surface area (Å²) < 4.78 is 1.77. The molecule has 1 unspecified atom stereocenters. The molecule has 1 atom stereocenters. The van der Waals surface area contributed by atoms with Crippen molar-refractivity contribution in [2.24, 2.45) is 7.05 Å². The first-order valence-corrected chi connectivity index (χ1v) is 9.16. The van der Waals surface area contributed by atoms with Gasteiger partial charge in [-0.2, -0.15) is 5.10 Å². The van der Waals surface area contributed by atoms with E-state index in [0.29, 0.717) is 12.0 Å². The smallest absolute Gasteiger partial charge is 0.254 e. The Labute approximate surface area is 159 Å². The second kappa shape index (κ2) is 8.54. The maximum Gasteiger partial charge on any atom is 0.254 e. The summed E-state index contributed by atoms with van der Waals surface area (Å²) in [5.74, 6) is 0.176. The monoisotopic (exact) mass is 363 g/mol. The second-order valence-electron chi connectivity index (χ2n) is 6.87. The predicted molar refractivity (Wildman–Crippen MR) is 106 cm³/mol. The Bertz CT molecular complexity index is 886. The molecule has 1 amide bonds. The number of nitrogens with one attached hydrogen (secondary N) is 1. The van der Waals surface area contributed by atoms with E-state index in [9.17, 15) is 9.90 Å². The molecule has 0 fully saturated rings. The van der Waals surface area contributed by atoms with Crippen LogP contribution < -0.4 is 5.32 Å². The average Bonchev–Trinajstić information content (AvgIpc) is 3.03. The van der Waals surface area contributed by atoms with Crippen LogP contribution in [0.5, 0.6) is 5.75 Å². The summed E-state index contributed by atoms with van der Waals surface area (Å²) in [4.78, 5) is 12.7. The molecule has 2 N–H and O–H groups in total. The summed E-state index contributed by atoms with van der Waals surface area (Å²) in [6.07, 6.45) is 3.97. The molecule has 0 spiro atoms. The number of nitrogens with zero attached hydrogens (tertiary/aromatic N) is 2. The van der Waals surface area contributed by atoms with E-state index in [2.05, 4.69) is 22.5 Å². The molecular formula is C22H25N3O2. The summed E-state index contributed by atoms with van der Waals surface area (Å²) in [5.41, 5.74) is 3.82. The topological polar surface area (TPSA) is 67.2 Å². The van der Waals surface area contributed by atoms with E-state index >= 15 is 0 Å². The largest absolute Gasteiger partial charge is 0.508 e. The Morgan fingerprint density at radius 1 is 1.11 bits per heavy atom. The van der Waals surface area contributed by atoms with Crippen LogP contribution in [0.4, 0.5) is 0 Å². The van der Waals surface area contributed by atoms with Crippen molar-refractivity contribution in [3.8, 4) is 5.75 Å². The van der Waals surface area contributed by atoms with Crippen LogP contribution in [0, 0.1) is 0 Å². The van der Waals surface area contributed by atoms with Crippen molar-refractivity contribution in [2.75, 3.05) is 0 Å². The Hall–Kier alpha value is -3.08. The number of phenolic OH excluding ortho intramolecular Hbond substituents is 1. The van der Waals surface area contributed by atoms with Crippen LogP contribution >= 0.6 is 0 Å². The van der Waals surface area contributed by atoms with Crippen LogP contribution in [0.15, 0.2) is 60.8 Å². The molecule has 0 aliphatic carbocycles. The Balaban J connectivity index is 1.61. The molecule has 3 rings (SSSR count). The first-order chi connectivity index (χ1) is 13.0. The highest BCUT2D eigenvalue weighted by molar-refractivity contribution is 5.95. The van der Waals surface area contributed by atoms with E-state index in [1.807, 2.05) is 44.3 Å². The number of amides is 1. The van der Waals surface area contributed by atoms with Crippen LogP contribution in [-0.2, 0) is 19.9 Å². The van der Waals surface area contributed by atoms with Gasteiger partial charge in [0, 0.05) is 19.5 Å². The van der Waals surface area contributed by atoms with Crippen LogP contribution in [0.1, 0.15) is 40.5 Å². The predicted octanol–water partition coefficient (Wildman–Crippen LogP) is 3.47. The highest BCUT2D eigenvalue weighted by atomic mass is 16.3. The molecule has 1 heterocycles. The SMILES string of the molecule is CC(CCc1ccc(O)cc1)NC(=O)c1cnn(C)c1Cc1ccccc1. The summed E-state index contributed by atoms with van der Waals surface area (Å²) >= 11 is 0. The molecule has 0 aliphatic heterocycles. The van der Waals surface area contributed by atoms with Crippen molar-refractivity contribution in [1.29, 1.82) is 0 Å². The van der Waals surface area contributed by atoms with E-state index in [4.69, 9.17) is 0 Å². The van der Waals surface area contributed by atoms with Gasteiger partial charge in [0.25, 0.3) is 5.91 Å². The molecule has 5 heteroatoms. The van der Waals surface area contributed by atoms with Gasteiger partial charge in [0.05, 0.1) is 17.5 Å². The molecule has 140 valence electrons. The van der Waals surface area contributed by atoms with Crippen molar-refractivity contribution >= 4 is 5.91 Å². The zero-order chi connectivity index (χ0) is 19.2. The molecular weight excluding hydrogens is 338 g/mol. The molecule has 27 heavy (non-hydrogen) atoms. The highest BCUT2D eigenvalue weighted by Gasteiger charge is 2.18. The lowest BCUT2D eigenvalue weighted by molar-refractivity contribution is 0.0937. The second-order valence-corrected chi connectivity index (χ2v) is 6.87. The number of rotatable bonds is 7. The van der Waals surface area contributed by atoms with Crippen LogP contribution in [0.3, 0.4) is 0 Å². The molecule has 0 bridgehead atoms. The molecule has 0 aliphatic rings. The maximum absolute atomic E-state index is 12.7. The number of hydrogen-bond donors (Lipinski definition) is 2. The number of aryl methyl sites for hydroxylation is 2. The third-order valence-electron chi connectivity index (χ3n) is 4.70. The van der Waals surface area contributed by atoms with Gasteiger partial charge in [-0.15, -0.1) is 0 Å². The first kappa shape index (κ1) is 18.7. The number of aromatic hydroxyl groups is 1. The number of carbonyl (C=O) groups is 1. The van der Waals surface area contributed by atoms with Gasteiger partial charge in [-0.3, -0.25) is 9.48 Å². The fraction of sp³-hybridized carbons (Fsp3) is 0.273. The molecule has 0 saturated carbocycles. The lowest BCUT2D eigenvalue weighted by Gasteiger charge is -2.14. The zero-order valence-electron chi connectivity index (χ0n) is 15.7. The van der Waals surface area contributed by atoms with Gasteiger partial charge >= 0.3 is 0 Å². The van der Waals surface area contributed by atoms with E-state index in [0.717, 1.165) is 29.7 Å². The summed E-state index contributed by atoms with van der Waals surface area (Å²) in [6.45, 7) is 2.01. The van der Waals surface area contributed by atoms with Crippen molar-refractivity contribution < 1.29 is 9.90 Å². The highest BCUT2D eigenvalue weighted by Crippen LogP contribution is 2.15. The normalized spacial score (nSPS) is 11.9. The molecule has 1 aromatic heterocycles. The van der Waals surface area contributed by atoms with Crippen LogP contribution in [0.2, 0.25) is 0 Å². The number of benzene rings is 2. The summed E-state index contributed by atoms with van der Waals surface area (Å²) in [6, 6.07) is 17.3. The fourth-order valence-corrected chi connectivity index (χ4v) is 3.07. The number of carbonyl (C=O) groups excluding carboxylic acids is 1. The van der Waals surface area contributed by atoms with E-state index in [1.54, 1.807) is 23.0 Å². The van der Waals surface area contributed by atoms with E-state index in [1.165, 1.54) is 0 Å². The van der Waals surface area contributed by atoms with Crippen LogP contribution in [0.25, 0.3) is 0 Å². The standard InChI is InChI=1S/C22H25N3O2/c1-16(8-9-17-10-12-19(26)13-11-17)24-22(27)20-15-23-25(2)21(20)14-18-6-4-3-5-7-18/h3-7,10-13,15-16,26H,8-9,14H2,1-2H3,(H,24,27). The third kappa shape index (κ3) is 4.97. The lowest BCUT2D eigenvalue weighted by atomic mass is 10.0. The Morgan fingerprint density at radius 2 is 1.81 bits per heavy atom. The van der Waals surface area contributed by atoms with Gasteiger partial charge in [0.15, 0.2) is 0 Å². The molecule has 0 radical (unpaired) electrons. The zero-order valence-corrected chi connectivity index (χ0v) is 15.7. The fourth-order valence-electron chi connectivity index (χ4n) is 3.07. The minimum absolute atomic E-state index is 0.0380. The van der Waals surface area contributed by atoms with E-state index in [-0.39, 0.29) is 17.7 Å². The maximum atomic E-state index is 12.7. The van der Waals surface area contributed by atoms with Crippen LogP contribution in [-0.4, -0.2) is 26.8 Å². The van der Waals surface area contributed by atoms with Gasteiger partial charge in [-0.1, -0.05) is 42.5 Å². The average molecular weight is 363 g/mol. The van der Waals surface area contributed by atoms with Crippen molar-refractivity contribution in [3.05, 3.63) is 83.2 Å². The molecule has 5 nitrogen and oxygen atoms in total. The number of hydrogen-bond acceptors (Lipinski definition) is 3. The lowest BCUT2D eigenvalue weighted by Crippen LogP contribution is -2.33. The quantitative estimate of drug-likeness (QED) is 0.675. The molecule has 0 saturated heterocycles. The van der Waals surface area contributed by atoms with Gasteiger partial charge in [-0.05, 0) is 43.0 Å². The van der Waals surface area contributed by atoms with E-state index < -0.39 is 0 Å². The van der Waals surface area contributed by atoms with Gasteiger partial charge in [0.2, 0.25) is 0 Å².